The third-order valence-electron chi connectivity index (χ3n) is 4.39. The fraction of sp³-hybridized carbons (Fsp3) is 0.350. The van der Waals surface area contributed by atoms with Gasteiger partial charge in [0, 0.05) is 5.41 Å². The Morgan fingerprint density at radius 1 is 1.08 bits per heavy atom. The van der Waals surface area contributed by atoms with Crippen LogP contribution in [0.3, 0.4) is 0 Å². The van der Waals surface area contributed by atoms with Crippen molar-refractivity contribution >= 4 is 20.6 Å². The van der Waals surface area contributed by atoms with Gasteiger partial charge in [-0.1, -0.05) is 63.2 Å². The average Bonchev–Trinajstić information content (AvgIpc) is 3.04. The minimum atomic E-state index is -3.45. The highest BCUT2D eigenvalue weighted by Gasteiger charge is 2.29. The molecule has 0 saturated carbocycles. The van der Waals surface area contributed by atoms with E-state index in [0.717, 1.165) is 16.3 Å². The second-order valence-corrected chi connectivity index (χ2v) is 9.72. The van der Waals surface area contributed by atoms with Crippen molar-refractivity contribution in [2.24, 2.45) is 0 Å². The number of fused-ring (bicyclic) bond motifs is 1. The molecule has 3 rings (SSSR count). The third kappa shape index (κ3) is 3.61. The largest absolute Gasteiger partial charge is 0.444 e. The summed E-state index contributed by atoms with van der Waals surface area (Å²) < 4.78 is 31.5. The second kappa shape index (κ2) is 6.30. The van der Waals surface area contributed by atoms with Gasteiger partial charge in [-0.05, 0) is 23.3 Å². The first kappa shape index (κ1) is 17.7. The zero-order valence-corrected chi connectivity index (χ0v) is 15.8. The molecule has 0 aliphatic heterocycles. The molecule has 0 unspecified atom stereocenters. The van der Waals surface area contributed by atoms with E-state index < -0.39 is 15.1 Å². The molecule has 0 bridgehead atoms. The maximum Gasteiger partial charge on any atom is 0.212 e. The summed E-state index contributed by atoms with van der Waals surface area (Å²) in [5.74, 6) is 0.905. The molecule has 1 heterocycles. The molecular formula is C20H23NO3S. The Kier molecular flexibility index (Phi) is 4.45. The van der Waals surface area contributed by atoms with Crippen molar-refractivity contribution in [3.05, 3.63) is 65.9 Å². The summed E-state index contributed by atoms with van der Waals surface area (Å²) in [6.07, 6.45) is 1.62. The average molecular weight is 357 g/mol. The minimum Gasteiger partial charge on any atom is -0.444 e. The molecule has 5 heteroatoms. The first-order chi connectivity index (χ1) is 11.7. The van der Waals surface area contributed by atoms with Gasteiger partial charge in [-0.2, -0.15) is 0 Å². The van der Waals surface area contributed by atoms with Gasteiger partial charge in [-0.25, -0.2) is 13.4 Å². The molecule has 2 aromatic carbocycles. The van der Waals surface area contributed by atoms with Crippen molar-refractivity contribution in [3.63, 3.8) is 0 Å². The quantitative estimate of drug-likeness (QED) is 0.673. The van der Waals surface area contributed by atoms with Crippen molar-refractivity contribution in [1.82, 2.24) is 4.98 Å². The van der Waals surface area contributed by atoms with Gasteiger partial charge in [-0.3, -0.25) is 0 Å². The van der Waals surface area contributed by atoms with E-state index in [0.29, 0.717) is 5.76 Å². The monoisotopic (exact) mass is 357 g/mol. The lowest BCUT2D eigenvalue weighted by molar-refractivity contribution is 0.380. The van der Waals surface area contributed by atoms with E-state index in [1.54, 1.807) is 13.1 Å². The summed E-state index contributed by atoms with van der Waals surface area (Å²) in [4.78, 5) is 4.21. The molecule has 0 spiro atoms. The van der Waals surface area contributed by atoms with Gasteiger partial charge >= 0.3 is 0 Å². The molecule has 25 heavy (non-hydrogen) atoms. The zero-order chi connectivity index (χ0) is 18.2. The Hall–Kier alpha value is -2.14. The molecule has 0 aliphatic carbocycles. The third-order valence-corrected chi connectivity index (χ3v) is 6.38. The first-order valence-corrected chi connectivity index (χ1v) is 10.0. The number of hydrogen-bond donors (Lipinski definition) is 0. The van der Waals surface area contributed by atoms with Gasteiger partial charge < -0.3 is 4.42 Å². The smallest absolute Gasteiger partial charge is 0.212 e. The molecule has 3 aromatic rings. The zero-order valence-electron chi connectivity index (χ0n) is 15.0. The molecule has 0 amide bonds. The Labute approximate surface area is 148 Å². The predicted octanol–water partition coefficient (Wildman–Crippen LogP) is 4.80. The van der Waals surface area contributed by atoms with E-state index in [1.807, 2.05) is 63.2 Å². The van der Waals surface area contributed by atoms with Crippen LogP contribution in [-0.2, 0) is 21.0 Å². The standard InChI is InChI=1S/C20H23NO3S/c1-14(19-21-12-18(24-19)20(2,3)4)25(22,23)13-16-10-7-9-15-8-5-6-11-17(15)16/h5-12,14H,13H2,1-4H3/t14-/m0/s1. The van der Waals surface area contributed by atoms with Gasteiger partial charge in [0.05, 0.1) is 11.9 Å². The van der Waals surface area contributed by atoms with Gasteiger partial charge in [0.1, 0.15) is 11.0 Å². The summed E-state index contributed by atoms with van der Waals surface area (Å²) in [6, 6.07) is 13.5. The second-order valence-electron chi connectivity index (χ2n) is 7.40. The number of oxazole rings is 1. The highest BCUT2D eigenvalue weighted by Crippen LogP contribution is 2.30. The van der Waals surface area contributed by atoms with Crippen LogP contribution in [-0.4, -0.2) is 13.4 Å². The lowest BCUT2D eigenvalue weighted by Gasteiger charge is -2.14. The molecule has 0 N–H and O–H groups in total. The summed E-state index contributed by atoms with van der Waals surface area (Å²) >= 11 is 0. The molecule has 1 aromatic heterocycles. The number of rotatable bonds is 4. The van der Waals surface area contributed by atoms with E-state index in [-0.39, 0.29) is 17.1 Å². The van der Waals surface area contributed by atoms with Crippen molar-refractivity contribution in [3.8, 4) is 0 Å². The SMILES string of the molecule is C[C@@H](c1ncc(C(C)(C)C)o1)S(=O)(=O)Cc1cccc2ccccc12. The molecular weight excluding hydrogens is 334 g/mol. The lowest BCUT2D eigenvalue weighted by Crippen LogP contribution is -2.14. The molecule has 132 valence electrons. The van der Waals surface area contributed by atoms with Gasteiger partial charge in [-0.15, -0.1) is 0 Å². The summed E-state index contributed by atoms with van der Waals surface area (Å²) in [5, 5.41) is 1.21. The van der Waals surface area contributed by atoms with Crippen LogP contribution in [0.5, 0.6) is 0 Å². The lowest BCUT2D eigenvalue weighted by atomic mass is 9.94. The van der Waals surface area contributed by atoms with Crippen LogP contribution < -0.4 is 0 Å². The first-order valence-electron chi connectivity index (χ1n) is 8.33. The van der Waals surface area contributed by atoms with E-state index in [9.17, 15) is 8.42 Å². The Balaban J connectivity index is 1.92. The van der Waals surface area contributed by atoms with E-state index in [1.165, 1.54) is 0 Å². The Morgan fingerprint density at radius 3 is 2.44 bits per heavy atom. The predicted molar refractivity (Wildman–Crippen MR) is 100 cm³/mol. The number of benzene rings is 2. The van der Waals surface area contributed by atoms with Gasteiger partial charge in [0.2, 0.25) is 5.89 Å². The fourth-order valence-electron chi connectivity index (χ4n) is 2.74. The van der Waals surface area contributed by atoms with E-state index in [4.69, 9.17) is 4.42 Å². The minimum absolute atomic E-state index is 0.0389. The summed E-state index contributed by atoms with van der Waals surface area (Å²) in [7, 11) is -3.45. The summed E-state index contributed by atoms with van der Waals surface area (Å²) in [5.41, 5.74) is 0.595. The van der Waals surface area contributed by atoms with Crippen LogP contribution in [0.15, 0.2) is 53.1 Å². The number of hydrogen-bond acceptors (Lipinski definition) is 4. The van der Waals surface area contributed by atoms with Crippen molar-refractivity contribution < 1.29 is 12.8 Å². The van der Waals surface area contributed by atoms with Crippen LogP contribution in [0.2, 0.25) is 0 Å². The van der Waals surface area contributed by atoms with E-state index >= 15 is 0 Å². The molecule has 0 saturated heterocycles. The maximum atomic E-state index is 12.9. The van der Waals surface area contributed by atoms with Crippen LogP contribution in [0.25, 0.3) is 10.8 Å². The molecule has 1 atom stereocenters. The van der Waals surface area contributed by atoms with Gasteiger partial charge in [0.15, 0.2) is 9.84 Å². The molecule has 0 radical (unpaired) electrons. The molecule has 0 fully saturated rings. The van der Waals surface area contributed by atoms with Crippen LogP contribution >= 0.6 is 0 Å². The van der Waals surface area contributed by atoms with Crippen molar-refractivity contribution in [2.45, 2.75) is 44.1 Å². The summed E-state index contributed by atoms with van der Waals surface area (Å²) in [6.45, 7) is 7.66. The number of sulfone groups is 1. The fourth-order valence-corrected chi connectivity index (χ4v) is 4.09. The number of aromatic nitrogens is 1. The van der Waals surface area contributed by atoms with Gasteiger partial charge in [0.25, 0.3) is 0 Å². The highest BCUT2D eigenvalue weighted by atomic mass is 32.2. The number of nitrogens with zero attached hydrogens (tertiary/aromatic N) is 1. The van der Waals surface area contributed by atoms with Crippen LogP contribution in [0, 0.1) is 0 Å². The molecule has 4 nitrogen and oxygen atoms in total. The Morgan fingerprint density at radius 2 is 1.76 bits per heavy atom. The maximum absolute atomic E-state index is 12.9. The van der Waals surface area contributed by atoms with Crippen LogP contribution in [0.1, 0.15) is 50.2 Å². The van der Waals surface area contributed by atoms with Crippen molar-refractivity contribution in [1.29, 1.82) is 0 Å². The van der Waals surface area contributed by atoms with E-state index in [2.05, 4.69) is 4.98 Å². The normalized spacial score (nSPS) is 13.9. The highest BCUT2D eigenvalue weighted by molar-refractivity contribution is 7.90. The Bertz CT molecular complexity index is 992. The van der Waals surface area contributed by atoms with Crippen LogP contribution in [0.4, 0.5) is 0 Å². The van der Waals surface area contributed by atoms with Crippen molar-refractivity contribution in [2.75, 3.05) is 0 Å². The molecule has 0 aliphatic rings. The topological polar surface area (TPSA) is 60.2 Å².